The van der Waals surface area contributed by atoms with Gasteiger partial charge in [0.2, 0.25) is 11.8 Å². The van der Waals surface area contributed by atoms with Crippen LogP contribution in [-0.2, 0) is 4.79 Å². The van der Waals surface area contributed by atoms with Crippen molar-refractivity contribution in [3.63, 3.8) is 0 Å². The number of ether oxygens (including phenoxy) is 1. The number of nitrogens with two attached hydrogens (primary N) is 1. The van der Waals surface area contributed by atoms with Gasteiger partial charge in [-0.1, -0.05) is 6.07 Å². The highest BCUT2D eigenvalue weighted by atomic mass is 35.5. The zero-order valence-electron chi connectivity index (χ0n) is 13.2. The third-order valence-corrected chi connectivity index (χ3v) is 3.12. The van der Waals surface area contributed by atoms with Crippen molar-refractivity contribution >= 4 is 36.4 Å². The number of nitrogens with one attached hydrogen (secondary N) is 1. The van der Waals surface area contributed by atoms with E-state index in [9.17, 15) is 4.79 Å². The van der Waals surface area contributed by atoms with E-state index in [1.807, 2.05) is 32.0 Å². The molecule has 0 aliphatic carbocycles. The fourth-order valence-corrected chi connectivity index (χ4v) is 1.67. The minimum atomic E-state index is -0.559. The fraction of sp³-hybridized carbons (Fsp3) is 0.250. The summed E-state index contributed by atoms with van der Waals surface area (Å²) in [5, 5.41) is 2.67. The lowest BCUT2D eigenvalue weighted by atomic mass is 10.1. The van der Waals surface area contributed by atoms with Crippen LogP contribution in [0.3, 0.4) is 0 Å². The van der Waals surface area contributed by atoms with Crippen molar-refractivity contribution in [1.29, 1.82) is 0 Å². The molecule has 2 aromatic rings. The Bertz CT molecular complexity index is 646. The highest BCUT2D eigenvalue weighted by molar-refractivity contribution is 5.94. The lowest BCUT2D eigenvalue weighted by Crippen LogP contribution is -2.32. The first-order chi connectivity index (χ1) is 9.95. The maximum absolute atomic E-state index is 11.5. The molecule has 1 amide bonds. The minimum absolute atomic E-state index is 0. The highest BCUT2D eigenvalue weighted by Crippen LogP contribution is 2.22. The number of hydrogen-bond donors (Lipinski definition) is 2. The van der Waals surface area contributed by atoms with E-state index in [1.165, 1.54) is 11.8 Å². The van der Waals surface area contributed by atoms with E-state index in [-0.39, 0.29) is 30.7 Å². The molecule has 0 saturated heterocycles. The molecule has 7 heteroatoms. The number of aromatic nitrogens is 1. The number of rotatable bonds is 4. The first-order valence-corrected chi connectivity index (χ1v) is 6.73. The second-order valence-corrected chi connectivity index (χ2v) is 5.01. The van der Waals surface area contributed by atoms with Crippen LogP contribution in [0.2, 0.25) is 0 Å². The molecule has 5 nitrogen and oxygen atoms in total. The van der Waals surface area contributed by atoms with Gasteiger partial charge in [-0.3, -0.25) is 4.79 Å². The van der Waals surface area contributed by atoms with E-state index in [2.05, 4.69) is 10.3 Å². The van der Waals surface area contributed by atoms with Gasteiger partial charge in [0.25, 0.3) is 0 Å². The molecule has 0 aliphatic heterocycles. The van der Waals surface area contributed by atoms with Gasteiger partial charge in [-0.15, -0.1) is 24.8 Å². The Morgan fingerprint density at radius 1 is 1.17 bits per heavy atom. The molecule has 0 radical (unpaired) electrons. The van der Waals surface area contributed by atoms with Gasteiger partial charge in [0.05, 0.1) is 17.9 Å². The summed E-state index contributed by atoms with van der Waals surface area (Å²) in [4.78, 5) is 15.6. The van der Waals surface area contributed by atoms with Crippen molar-refractivity contribution in [1.82, 2.24) is 4.98 Å². The molecular formula is C16H21Cl2N3O2. The van der Waals surface area contributed by atoms with Crippen LogP contribution in [0.1, 0.15) is 18.1 Å². The van der Waals surface area contributed by atoms with Crippen LogP contribution in [0.25, 0.3) is 0 Å². The van der Waals surface area contributed by atoms with E-state index in [1.54, 1.807) is 19.1 Å². The first-order valence-electron chi connectivity index (χ1n) is 6.73. The van der Waals surface area contributed by atoms with E-state index in [0.29, 0.717) is 11.6 Å². The molecular weight excluding hydrogens is 337 g/mol. The van der Waals surface area contributed by atoms with Crippen molar-refractivity contribution in [2.24, 2.45) is 5.73 Å². The van der Waals surface area contributed by atoms with Crippen molar-refractivity contribution in [2.45, 2.75) is 26.8 Å². The molecule has 0 unspecified atom stereocenters. The van der Waals surface area contributed by atoms with E-state index in [0.717, 1.165) is 11.3 Å². The van der Waals surface area contributed by atoms with Gasteiger partial charge in [-0.05, 0) is 50.1 Å². The normalized spacial score (nSPS) is 10.8. The van der Waals surface area contributed by atoms with Crippen LogP contribution in [0.4, 0.5) is 5.69 Å². The predicted octanol–water partition coefficient (Wildman–Crippen LogP) is 3.62. The predicted molar refractivity (Wildman–Crippen MR) is 97.0 cm³/mol. The molecule has 3 N–H and O–H groups in total. The van der Waals surface area contributed by atoms with E-state index >= 15 is 0 Å². The smallest absolute Gasteiger partial charge is 0.241 e. The zero-order chi connectivity index (χ0) is 15.4. The van der Waals surface area contributed by atoms with Gasteiger partial charge in [0.15, 0.2) is 0 Å². The van der Waals surface area contributed by atoms with Crippen LogP contribution in [-0.4, -0.2) is 16.9 Å². The maximum atomic E-state index is 11.5. The number of halogens is 2. The van der Waals surface area contributed by atoms with E-state index < -0.39 is 6.04 Å². The summed E-state index contributed by atoms with van der Waals surface area (Å²) in [5.41, 5.74) is 8.45. The molecule has 0 saturated carbocycles. The topological polar surface area (TPSA) is 77.2 Å². The quantitative estimate of drug-likeness (QED) is 0.875. The van der Waals surface area contributed by atoms with Gasteiger partial charge in [0, 0.05) is 6.07 Å². The van der Waals surface area contributed by atoms with Crippen molar-refractivity contribution in [3.05, 3.63) is 47.7 Å². The van der Waals surface area contributed by atoms with Crippen LogP contribution >= 0.6 is 24.8 Å². The van der Waals surface area contributed by atoms with E-state index in [4.69, 9.17) is 10.5 Å². The molecule has 126 valence electrons. The second-order valence-electron chi connectivity index (χ2n) is 5.01. The Kier molecular flexibility index (Phi) is 8.61. The lowest BCUT2D eigenvalue weighted by Gasteiger charge is -2.09. The van der Waals surface area contributed by atoms with Crippen LogP contribution in [0.15, 0.2) is 36.5 Å². The first kappa shape index (κ1) is 21.2. The molecule has 0 spiro atoms. The maximum Gasteiger partial charge on any atom is 0.241 e. The number of anilines is 1. The third-order valence-electron chi connectivity index (χ3n) is 3.12. The number of amides is 1. The molecule has 0 aliphatic rings. The van der Waals surface area contributed by atoms with Crippen molar-refractivity contribution in [3.8, 4) is 11.6 Å². The Balaban J connectivity index is 0.00000242. The van der Waals surface area contributed by atoms with Gasteiger partial charge in [-0.2, -0.15) is 0 Å². The summed E-state index contributed by atoms with van der Waals surface area (Å²) in [5.74, 6) is 0.953. The number of hydrogen-bond acceptors (Lipinski definition) is 4. The Morgan fingerprint density at radius 3 is 2.39 bits per heavy atom. The highest BCUT2D eigenvalue weighted by Gasteiger charge is 2.08. The number of carbonyl (C=O) groups excluding carboxylic acids is 1. The van der Waals surface area contributed by atoms with Gasteiger partial charge in [-0.25, -0.2) is 4.98 Å². The number of aryl methyl sites for hydroxylation is 2. The Labute approximate surface area is 148 Å². The summed E-state index contributed by atoms with van der Waals surface area (Å²) >= 11 is 0. The Morgan fingerprint density at radius 2 is 1.87 bits per heavy atom. The molecule has 1 atom stereocenters. The van der Waals surface area contributed by atoms with Crippen molar-refractivity contribution < 1.29 is 9.53 Å². The number of pyridine rings is 1. The summed E-state index contributed by atoms with van der Waals surface area (Å²) in [7, 11) is 0. The molecule has 0 fully saturated rings. The molecule has 23 heavy (non-hydrogen) atoms. The summed E-state index contributed by atoms with van der Waals surface area (Å²) in [6.07, 6.45) is 1.54. The molecule has 1 aromatic heterocycles. The van der Waals surface area contributed by atoms with Crippen molar-refractivity contribution in [2.75, 3.05) is 5.32 Å². The van der Waals surface area contributed by atoms with Crippen LogP contribution < -0.4 is 15.8 Å². The van der Waals surface area contributed by atoms with Crippen LogP contribution in [0, 0.1) is 13.8 Å². The third kappa shape index (κ3) is 6.06. The Hall–Kier alpha value is -1.82. The van der Waals surface area contributed by atoms with Crippen LogP contribution in [0.5, 0.6) is 11.6 Å². The average Bonchev–Trinajstić information content (AvgIpc) is 2.45. The average molecular weight is 358 g/mol. The van der Waals surface area contributed by atoms with Gasteiger partial charge >= 0.3 is 0 Å². The fourth-order valence-electron chi connectivity index (χ4n) is 1.67. The number of carbonyl (C=O) groups is 1. The minimum Gasteiger partial charge on any atom is -0.439 e. The van der Waals surface area contributed by atoms with Gasteiger partial charge in [0.1, 0.15) is 5.75 Å². The molecule has 2 rings (SSSR count). The summed E-state index contributed by atoms with van der Waals surface area (Å²) in [6, 6.07) is 8.73. The zero-order valence-corrected chi connectivity index (χ0v) is 14.8. The second kappa shape index (κ2) is 9.35. The molecule has 1 aromatic carbocycles. The lowest BCUT2D eigenvalue weighted by molar-refractivity contribution is -0.117. The number of nitrogens with zero attached hydrogens (tertiary/aromatic N) is 1. The van der Waals surface area contributed by atoms with Gasteiger partial charge < -0.3 is 15.8 Å². The SMILES string of the molecule is Cc1ccc(Oc2ccc(NC(=O)[C@@H](C)N)cn2)cc1C.Cl.Cl. The standard InChI is InChI=1S/C16H19N3O2.2ClH/c1-10-4-6-14(8-11(10)2)21-15-7-5-13(9-18-15)19-16(20)12(3)17;;/h4-9,12H,17H2,1-3H3,(H,19,20);2*1H/t12-;;/m1../s1. The molecule has 0 bridgehead atoms. The summed E-state index contributed by atoms with van der Waals surface area (Å²) < 4.78 is 5.67. The summed E-state index contributed by atoms with van der Waals surface area (Å²) in [6.45, 7) is 5.70. The monoisotopic (exact) mass is 357 g/mol. The largest absolute Gasteiger partial charge is 0.439 e. The number of benzene rings is 1. The molecule has 1 heterocycles.